The van der Waals surface area contributed by atoms with Crippen LogP contribution in [0.2, 0.25) is 0 Å². The molecule has 19 heavy (non-hydrogen) atoms. The normalized spacial score (nSPS) is 11.3. The third kappa shape index (κ3) is 3.02. The van der Waals surface area contributed by atoms with Crippen LogP contribution in [-0.4, -0.2) is 4.92 Å². The lowest BCUT2D eigenvalue weighted by Gasteiger charge is -2.08. The van der Waals surface area contributed by atoms with E-state index in [4.69, 9.17) is 4.74 Å². The second kappa shape index (κ2) is 4.88. The van der Waals surface area contributed by atoms with Crippen molar-refractivity contribution in [1.82, 2.24) is 0 Å². The highest BCUT2D eigenvalue weighted by Gasteiger charge is 2.30. The zero-order valence-corrected chi connectivity index (χ0v) is 9.99. The average Bonchev–Trinajstić information content (AvgIpc) is 2.76. The Morgan fingerprint density at radius 2 is 2.00 bits per heavy atom. The zero-order chi connectivity index (χ0) is 14.0. The lowest BCUT2D eigenvalue weighted by atomic mass is 10.2. The molecule has 2 rings (SSSR count). The van der Waals surface area contributed by atoms with Crippen molar-refractivity contribution >= 4 is 17.0 Å². The number of ether oxygens (including phenoxy) is 1. The van der Waals surface area contributed by atoms with E-state index in [-0.39, 0.29) is 16.5 Å². The Kier molecular flexibility index (Phi) is 3.43. The van der Waals surface area contributed by atoms with Crippen LogP contribution >= 0.6 is 11.3 Å². The first kappa shape index (κ1) is 13.3. The SMILES string of the molecule is O=[N+]([O-])c1ccsc1Oc1cccc(C(F)(F)F)c1. The fourth-order valence-corrected chi connectivity index (χ4v) is 2.07. The molecule has 0 N–H and O–H groups in total. The summed E-state index contributed by atoms with van der Waals surface area (Å²) in [5, 5.41) is 12.0. The van der Waals surface area contributed by atoms with E-state index in [1.807, 2.05) is 0 Å². The van der Waals surface area contributed by atoms with Crippen molar-refractivity contribution < 1.29 is 22.8 Å². The minimum absolute atomic E-state index is 0.0516. The number of hydrogen-bond donors (Lipinski definition) is 0. The van der Waals surface area contributed by atoms with E-state index in [0.29, 0.717) is 0 Å². The Labute approximate surface area is 109 Å². The van der Waals surface area contributed by atoms with E-state index >= 15 is 0 Å². The zero-order valence-electron chi connectivity index (χ0n) is 9.18. The van der Waals surface area contributed by atoms with Crippen molar-refractivity contribution in [1.29, 1.82) is 0 Å². The maximum Gasteiger partial charge on any atom is 0.416 e. The summed E-state index contributed by atoms with van der Waals surface area (Å²) in [6.45, 7) is 0. The quantitative estimate of drug-likeness (QED) is 0.619. The van der Waals surface area contributed by atoms with Gasteiger partial charge in [-0.3, -0.25) is 10.1 Å². The molecule has 100 valence electrons. The summed E-state index contributed by atoms with van der Waals surface area (Å²) in [5.41, 5.74) is -1.15. The van der Waals surface area contributed by atoms with Gasteiger partial charge < -0.3 is 4.74 Å². The molecule has 0 unspecified atom stereocenters. The molecular formula is C11H6F3NO3S. The first-order valence-electron chi connectivity index (χ1n) is 4.95. The monoisotopic (exact) mass is 289 g/mol. The highest BCUT2D eigenvalue weighted by molar-refractivity contribution is 7.12. The van der Waals surface area contributed by atoms with Gasteiger partial charge in [-0.2, -0.15) is 13.2 Å². The summed E-state index contributed by atoms with van der Waals surface area (Å²) >= 11 is 0.941. The van der Waals surface area contributed by atoms with E-state index in [1.165, 1.54) is 23.6 Å². The largest absolute Gasteiger partial charge is 0.440 e. The van der Waals surface area contributed by atoms with Gasteiger partial charge in [-0.25, -0.2) is 0 Å². The van der Waals surface area contributed by atoms with Crippen molar-refractivity contribution in [2.45, 2.75) is 6.18 Å². The second-order valence-electron chi connectivity index (χ2n) is 3.48. The number of thiophene rings is 1. The lowest BCUT2D eigenvalue weighted by Crippen LogP contribution is -2.04. The van der Waals surface area contributed by atoms with Crippen LogP contribution in [0.25, 0.3) is 0 Å². The summed E-state index contributed by atoms with van der Waals surface area (Å²) in [6, 6.07) is 5.41. The van der Waals surface area contributed by atoms with E-state index < -0.39 is 16.7 Å². The van der Waals surface area contributed by atoms with Crippen LogP contribution in [0, 0.1) is 10.1 Å². The third-order valence-electron chi connectivity index (χ3n) is 2.18. The third-order valence-corrected chi connectivity index (χ3v) is 2.96. The highest BCUT2D eigenvalue weighted by Crippen LogP contribution is 2.38. The summed E-state index contributed by atoms with van der Waals surface area (Å²) in [7, 11) is 0. The van der Waals surface area contributed by atoms with Gasteiger partial charge in [0.1, 0.15) is 5.75 Å². The summed E-state index contributed by atoms with van der Waals surface area (Å²) in [6.07, 6.45) is -4.49. The number of nitro groups is 1. The number of rotatable bonds is 3. The topological polar surface area (TPSA) is 52.4 Å². The predicted molar refractivity (Wildman–Crippen MR) is 62.5 cm³/mol. The summed E-state index contributed by atoms with van der Waals surface area (Å²) in [4.78, 5) is 10.00. The Bertz CT molecular complexity index is 609. The van der Waals surface area contributed by atoms with Gasteiger partial charge in [0.25, 0.3) is 5.06 Å². The van der Waals surface area contributed by atoms with Crippen LogP contribution in [0.1, 0.15) is 5.56 Å². The van der Waals surface area contributed by atoms with Crippen LogP contribution in [0.4, 0.5) is 18.9 Å². The van der Waals surface area contributed by atoms with Crippen LogP contribution in [0.3, 0.4) is 0 Å². The molecule has 0 aliphatic heterocycles. The standard InChI is InChI=1S/C11H6F3NO3S/c12-11(13,14)7-2-1-3-8(6-7)18-10-9(15(16)17)4-5-19-10/h1-6H. The minimum Gasteiger partial charge on any atom is -0.440 e. The lowest BCUT2D eigenvalue weighted by molar-refractivity contribution is -0.385. The van der Waals surface area contributed by atoms with Crippen molar-refractivity contribution in [2.75, 3.05) is 0 Å². The van der Waals surface area contributed by atoms with Gasteiger partial charge in [0.15, 0.2) is 0 Å². The molecule has 8 heteroatoms. The molecule has 4 nitrogen and oxygen atoms in total. The molecule has 0 saturated heterocycles. The molecule has 0 atom stereocenters. The van der Waals surface area contributed by atoms with Crippen molar-refractivity contribution in [2.24, 2.45) is 0 Å². The Hall–Kier alpha value is -2.09. The molecule has 0 spiro atoms. The first-order chi connectivity index (χ1) is 8.88. The molecule has 0 aliphatic rings. The van der Waals surface area contributed by atoms with Crippen LogP contribution in [0.5, 0.6) is 10.8 Å². The van der Waals surface area contributed by atoms with E-state index in [1.54, 1.807) is 0 Å². The number of halogens is 3. The van der Waals surface area contributed by atoms with Gasteiger partial charge in [-0.05, 0) is 18.2 Å². The molecule has 1 heterocycles. The van der Waals surface area contributed by atoms with E-state index in [0.717, 1.165) is 23.5 Å². The van der Waals surface area contributed by atoms with Gasteiger partial charge >= 0.3 is 11.9 Å². The molecule has 0 bridgehead atoms. The number of nitrogens with zero attached hydrogens (tertiary/aromatic N) is 1. The molecule has 1 aromatic heterocycles. The molecule has 2 aromatic rings. The molecule has 1 aromatic carbocycles. The highest BCUT2D eigenvalue weighted by atomic mass is 32.1. The maximum absolute atomic E-state index is 12.5. The van der Waals surface area contributed by atoms with Crippen LogP contribution in [-0.2, 0) is 6.18 Å². The van der Waals surface area contributed by atoms with Crippen LogP contribution < -0.4 is 4.74 Å². The van der Waals surface area contributed by atoms with E-state index in [9.17, 15) is 23.3 Å². The van der Waals surface area contributed by atoms with Gasteiger partial charge in [-0.15, -0.1) is 11.3 Å². The van der Waals surface area contributed by atoms with Gasteiger partial charge in [-0.1, -0.05) is 6.07 Å². The van der Waals surface area contributed by atoms with E-state index in [2.05, 4.69) is 0 Å². The van der Waals surface area contributed by atoms with Gasteiger partial charge in [0.05, 0.1) is 10.5 Å². The van der Waals surface area contributed by atoms with Crippen molar-refractivity contribution in [3.05, 3.63) is 51.4 Å². The smallest absolute Gasteiger partial charge is 0.416 e. The molecule has 0 fully saturated rings. The first-order valence-corrected chi connectivity index (χ1v) is 5.83. The average molecular weight is 289 g/mol. The van der Waals surface area contributed by atoms with Crippen molar-refractivity contribution in [3.63, 3.8) is 0 Å². The Morgan fingerprint density at radius 1 is 1.26 bits per heavy atom. The fourth-order valence-electron chi connectivity index (χ4n) is 1.34. The molecule has 0 saturated carbocycles. The molecule has 0 amide bonds. The molecule has 0 radical (unpaired) electrons. The molecule has 0 aliphatic carbocycles. The fraction of sp³-hybridized carbons (Fsp3) is 0.0909. The Balaban J connectivity index is 2.29. The number of benzene rings is 1. The summed E-state index contributed by atoms with van der Waals surface area (Å²) in [5.74, 6) is -0.0969. The van der Waals surface area contributed by atoms with Crippen LogP contribution in [0.15, 0.2) is 35.7 Å². The van der Waals surface area contributed by atoms with Gasteiger partial charge in [0, 0.05) is 11.4 Å². The number of hydrogen-bond acceptors (Lipinski definition) is 4. The second-order valence-corrected chi connectivity index (χ2v) is 4.36. The maximum atomic E-state index is 12.5. The van der Waals surface area contributed by atoms with Crippen molar-refractivity contribution in [3.8, 4) is 10.8 Å². The molecular weight excluding hydrogens is 283 g/mol. The predicted octanol–water partition coefficient (Wildman–Crippen LogP) is 4.47. The minimum atomic E-state index is -4.49. The summed E-state index contributed by atoms with van der Waals surface area (Å²) < 4.78 is 42.6. The Morgan fingerprint density at radius 3 is 2.63 bits per heavy atom. The number of alkyl halides is 3. The van der Waals surface area contributed by atoms with Gasteiger partial charge in [0.2, 0.25) is 0 Å².